The molecule has 0 atom stereocenters. The topological polar surface area (TPSA) is 64.9 Å². The normalized spacial score (nSPS) is 16.9. The van der Waals surface area contributed by atoms with Crippen LogP contribution in [0.3, 0.4) is 0 Å². The molecular weight excluding hydrogens is 270 g/mol. The molecule has 0 amide bonds. The molecular formula is C15H19N3OS. The molecule has 0 bridgehead atoms. The number of thioether (sulfide) groups is 1. The molecule has 4 nitrogen and oxygen atoms in total. The Bertz CT molecular complexity index is 546. The van der Waals surface area contributed by atoms with E-state index in [1.807, 2.05) is 18.2 Å². The van der Waals surface area contributed by atoms with Crippen molar-refractivity contribution in [1.29, 1.82) is 0 Å². The molecule has 1 saturated carbocycles. The van der Waals surface area contributed by atoms with E-state index >= 15 is 0 Å². The molecule has 20 heavy (non-hydrogen) atoms. The molecule has 1 fully saturated rings. The van der Waals surface area contributed by atoms with Gasteiger partial charge in [-0.05, 0) is 36.9 Å². The first-order valence-electron chi connectivity index (χ1n) is 6.99. The highest BCUT2D eigenvalue weighted by Crippen LogP contribution is 2.42. The molecule has 0 aliphatic heterocycles. The van der Waals surface area contributed by atoms with Gasteiger partial charge in [-0.15, -0.1) is 11.8 Å². The molecule has 0 unspecified atom stereocenters. The second-order valence-corrected chi connectivity index (χ2v) is 6.49. The molecule has 1 aromatic carbocycles. The maximum atomic E-state index is 5.86. The number of aromatic nitrogens is 2. The van der Waals surface area contributed by atoms with Gasteiger partial charge in [0, 0.05) is 11.3 Å². The zero-order valence-corrected chi connectivity index (χ0v) is 12.2. The van der Waals surface area contributed by atoms with Crippen molar-refractivity contribution in [2.45, 2.75) is 36.3 Å². The Balaban J connectivity index is 1.57. The van der Waals surface area contributed by atoms with Crippen molar-refractivity contribution >= 4 is 11.8 Å². The second-order valence-electron chi connectivity index (χ2n) is 5.44. The van der Waals surface area contributed by atoms with E-state index in [-0.39, 0.29) is 5.41 Å². The van der Waals surface area contributed by atoms with E-state index < -0.39 is 0 Å². The van der Waals surface area contributed by atoms with E-state index in [1.54, 1.807) is 11.8 Å². The molecule has 5 heteroatoms. The predicted molar refractivity (Wildman–Crippen MR) is 79.3 cm³/mol. The minimum absolute atomic E-state index is 0.219. The summed E-state index contributed by atoms with van der Waals surface area (Å²) in [6.45, 7) is 0.712. The van der Waals surface area contributed by atoms with Crippen LogP contribution in [0, 0.1) is 5.41 Å². The molecule has 2 aromatic rings. The third kappa shape index (κ3) is 3.04. The van der Waals surface area contributed by atoms with Crippen LogP contribution < -0.4 is 5.73 Å². The van der Waals surface area contributed by atoms with E-state index in [0.717, 1.165) is 23.9 Å². The lowest BCUT2D eigenvalue weighted by molar-refractivity contribution is 0.129. The van der Waals surface area contributed by atoms with Gasteiger partial charge in [0.25, 0.3) is 0 Å². The van der Waals surface area contributed by atoms with Gasteiger partial charge in [0.05, 0.1) is 5.75 Å². The summed E-state index contributed by atoms with van der Waals surface area (Å²) in [4.78, 5) is 5.70. The molecule has 1 aliphatic carbocycles. The second kappa shape index (κ2) is 5.97. The quantitative estimate of drug-likeness (QED) is 0.828. The molecule has 106 valence electrons. The molecule has 2 N–H and O–H groups in total. The Labute approximate surface area is 123 Å². The van der Waals surface area contributed by atoms with E-state index in [0.29, 0.717) is 6.54 Å². The third-order valence-corrected chi connectivity index (χ3v) is 5.00. The summed E-state index contributed by atoms with van der Waals surface area (Å²) in [6, 6.07) is 10.3. The van der Waals surface area contributed by atoms with Crippen molar-refractivity contribution in [3.63, 3.8) is 0 Å². The van der Waals surface area contributed by atoms with Crippen LogP contribution in [-0.4, -0.2) is 16.7 Å². The SMILES string of the molecule is NCC1(Cc2nc(CSc3ccccc3)no2)CCC1. The van der Waals surface area contributed by atoms with Crippen molar-refractivity contribution in [3.05, 3.63) is 42.0 Å². The molecule has 3 rings (SSSR count). The van der Waals surface area contributed by atoms with Crippen molar-refractivity contribution in [2.24, 2.45) is 11.1 Å². The minimum Gasteiger partial charge on any atom is -0.339 e. The van der Waals surface area contributed by atoms with Crippen LogP contribution in [-0.2, 0) is 12.2 Å². The van der Waals surface area contributed by atoms with Crippen molar-refractivity contribution in [1.82, 2.24) is 10.1 Å². The van der Waals surface area contributed by atoms with Gasteiger partial charge in [-0.1, -0.05) is 29.8 Å². The third-order valence-electron chi connectivity index (χ3n) is 3.99. The molecule has 0 saturated heterocycles. The Morgan fingerprint density at radius 2 is 2.05 bits per heavy atom. The van der Waals surface area contributed by atoms with Crippen LogP contribution in [0.25, 0.3) is 0 Å². The monoisotopic (exact) mass is 289 g/mol. The fourth-order valence-electron chi connectivity index (χ4n) is 2.54. The molecule has 1 aromatic heterocycles. The van der Waals surface area contributed by atoms with E-state index in [1.165, 1.54) is 24.2 Å². The van der Waals surface area contributed by atoms with Gasteiger partial charge in [-0.25, -0.2) is 0 Å². The van der Waals surface area contributed by atoms with Crippen LogP contribution in [0.15, 0.2) is 39.8 Å². The van der Waals surface area contributed by atoms with Crippen molar-refractivity contribution in [2.75, 3.05) is 6.54 Å². The summed E-state index contributed by atoms with van der Waals surface area (Å²) < 4.78 is 5.36. The van der Waals surface area contributed by atoms with Gasteiger partial charge in [0.1, 0.15) is 0 Å². The summed E-state index contributed by atoms with van der Waals surface area (Å²) in [7, 11) is 0. The largest absolute Gasteiger partial charge is 0.339 e. The van der Waals surface area contributed by atoms with Crippen molar-refractivity contribution < 1.29 is 4.52 Å². The van der Waals surface area contributed by atoms with Gasteiger partial charge >= 0.3 is 0 Å². The lowest BCUT2D eigenvalue weighted by Crippen LogP contribution is -2.39. The number of hydrogen-bond acceptors (Lipinski definition) is 5. The van der Waals surface area contributed by atoms with E-state index in [2.05, 4.69) is 22.3 Å². The number of hydrogen-bond donors (Lipinski definition) is 1. The zero-order valence-electron chi connectivity index (χ0n) is 11.4. The minimum atomic E-state index is 0.219. The summed E-state index contributed by atoms with van der Waals surface area (Å²) >= 11 is 1.72. The van der Waals surface area contributed by atoms with E-state index in [9.17, 15) is 0 Å². The Kier molecular flexibility index (Phi) is 4.08. The summed E-state index contributed by atoms with van der Waals surface area (Å²) in [5, 5.41) is 4.06. The molecule has 0 radical (unpaired) electrons. The van der Waals surface area contributed by atoms with E-state index in [4.69, 9.17) is 10.3 Å². The highest BCUT2D eigenvalue weighted by atomic mass is 32.2. The van der Waals surface area contributed by atoms with Crippen LogP contribution in [0.2, 0.25) is 0 Å². The van der Waals surface area contributed by atoms with Crippen LogP contribution in [0.4, 0.5) is 0 Å². The highest BCUT2D eigenvalue weighted by Gasteiger charge is 2.37. The number of benzene rings is 1. The first-order valence-corrected chi connectivity index (χ1v) is 7.98. The Morgan fingerprint density at radius 3 is 2.70 bits per heavy atom. The average Bonchev–Trinajstić information content (AvgIpc) is 2.89. The smallest absolute Gasteiger partial charge is 0.227 e. The van der Waals surface area contributed by atoms with Crippen molar-refractivity contribution in [3.8, 4) is 0 Å². The summed E-state index contributed by atoms with van der Waals surface area (Å²) in [5.74, 6) is 2.24. The zero-order chi connectivity index (χ0) is 13.8. The average molecular weight is 289 g/mol. The van der Waals surface area contributed by atoms with Gasteiger partial charge in [0.2, 0.25) is 5.89 Å². The fraction of sp³-hybridized carbons (Fsp3) is 0.467. The number of nitrogens with zero attached hydrogens (tertiary/aromatic N) is 2. The Morgan fingerprint density at radius 1 is 1.25 bits per heavy atom. The maximum absolute atomic E-state index is 5.86. The Hall–Kier alpha value is -1.33. The molecule has 1 aliphatic rings. The lowest BCUT2D eigenvalue weighted by atomic mass is 9.67. The highest BCUT2D eigenvalue weighted by molar-refractivity contribution is 7.98. The maximum Gasteiger partial charge on any atom is 0.227 e. The van der Waals surface area contributed by atoms with Gasteiger partial charge < -0.3 is 10.3 Å². The number of rotatable bonds is 6. The fourth-order valence-corrected chi connectivity index (χ4v) is 3.30. The molecule has 0 spiro atoms. The summed E-state index contributed by atoms with van der Waals surface area (Å²) in [6.07, 6.45) is 4.45. The van der Waals surface area contributed by atoms with Gasteiger partial charge in [-0.2, -0.15) is 4.98 Å². The van der Waals surface area contributed by atoms with Gasteiger partial charge in [-0.3, -0.25) is 0 Å². The predicted octanol–water partition coefficient (Wildman–Crippen LogP) is 3.03. The first-order chi connectivity index (χ1) is 9.80. The van der Waals surface area contributed by atoms with Crippen LogP contribution >= 0.6 is 11.8 Å². The first kappa shape index (κ1) is 13.6. The number of nitrogens with two attached hydrogens (primary N) is 1. The standard InChI is InChI=1S/C15H19N3OS/c16-11-15(7-4-8-15)9-14-17-13(18-19-14)10-20-12-5-2-1-3-6-12/h1-3,5-6H,4,7-11,16H2. The van der Waals surface area contributed by atoms with Crippen LogP contribution in [0.1, 0.15) is 31.0 Å². The van der Waals surface area contributed by atoms with Crippen LogP contribution in [0.5, 0.6) is 0 Å². The lowest BCUT2D eigenvalue weighted by Gasteiger charge is -2.39. The summed E-state index contributed by atoms with van der Waals surface area (Å²) in [5.41, 5.74) is 6.08. The van der Waals surface area contributed by atoms with Gasteiger partial charge in [0.15, 0.2) is 5.82 Å². The molecule has 1 heterocycles.